The number of alkyl halides is 3. The van der Waals surface area contributed by atoms with Gasteiger partial charge in [-0.3, -0.25) is 4.79 Å². The van der Waals surface area contributed by atoms with Crippen molar-refractivity contribution < 1.29 is 27.5 Å². The largest absolute Gasteiger partial charge is 0.467 e. The summed E-state index contributed by atoms with van der Waals surface area (Å²) < 4.78 is 44.5. The molecule has 1 saturated heterocycles. The summed E-state index contributed by atoms with van der Waals surface area (Å²) in [6.07, 6.45) is -3.75. The number of carbonyl (C=O) groups is 2. The van der Waals surface area contributed by atoms with Gasteiger partial charge in [0.05, 0.1) is 11.1 Å². The van der Waals surface area contributed by atoms with Crippen molar-refractivity contribution >= 4 is 17.6 Å². The highest BCUT2D eigenvalue weighted by Gasteiger charge is 2.43. The van der Waals surface area contributed by atoms with Crippen LogP contribution in [0.4, 0.5) is 23.7 Å². The summed E-state index contributed by atoms with van der Waals surface area (Å²) in [5, 5.41) is 5.38. The molecular formula is C20H18F3N3O3. The topological polar surface area (TPSA) is 70.7 Å². The van der Waals surface area contributed by atoms with Gasteiger partial charge in [0, 0.05) is 31.6 Å². The van der Waals surface area contributed by atoms with Crippen molar-refractivity contribution in [3.8, 4) is 5.75 Å². The van der Waals surface area contributed by atoms with Crippen LogP contribution in [0.1, 0.15) is 28.8 Å². The first-order chi connectivity index (χ1) is 13.8. The van der Waals surface area contributed by atoms with E-state index in [-0.39, 0.29) is 24.7 Å². The number of likely N-dealkylation sites (tertiary alicyclic amines) is 1. The number of para-hydroxylation sites is 1. The number of hydrogen-bond donors (Lipinski definition) is 2. The Morgan fingerprint density at radius 2 is 1.83 bits per heavy atom. The van der Waals surface area contributed by atoms with Crippen molar-refractivity contribution in [3.05, 3.63) is 59.7 Å². The molecule has 6 nitrogen and oxygen atoms in total. The Morgan fingerprint density at radius 1 is 1.10 bits per heavy atom. The Hall–Kier alpha value is -3.23. The second kappa shape index (κ2) is 6.98. The SMILES string of the molecule is O=C1NC2(CCN(C(=O)Nc3cccc(C(F)(F)F)c3)CC2)Oc2ccccc21. The molecule has 0 unspecified atom stereocenters. The smallest absolute Gasteiger partial charge is 0.416 e. The van der Waals surface area contributed by atoms with Crippen LogP contribution in [0.25, 0.3) is 0 Å². The van der Waals surface area contributed by atoms with Gasteiger partial charge in [0.25, 0.3) is 5.91 Å². The fourth-order valence-electron chi connectivity index (χ4n) is 3.53. The summed E-state index contributed by atoms with van der Waals surface area (Å²) in [7, 11) is 0. The number of urea groups is 1. The Morgan fingerprint density at radius 3 is 2.55 bits per heavy atom. The summed E-state index contributed by atoms with van der Waals surface area (Å²) >= 11 is 0. The number of carbonyl (C=O) groups excluding carboxylic acids is 2. The van der Waals surface area contributed by atoms with Gasteiger partial charge in [-0.25, -0.2) is 4.79 Å². The van der Waals surface area contributed by atoms with Gasteiger partial charge in [-0.15, -0.1) is 0 Å². The van der Waals surface area contributed by atoms with Crippen molar-refractivity contribution in [2.24, 2.45) is 0 Å². The van der Waals surface area contributed by atoms with Crippen LogP contribution in [0.3, 0.4) is 0 Å². The zero-order valence-electron chi connectivity index (χ0n) is 15.3. The minimum atomic E-state index is -4.48. The highest BCUT2D eigenvalue weighted by atomic mass is 19.4. The van der Waals surface area contributed by atoms with Crippen LogP contribution < -0.4 is 15.4 Å². The standard InChI is InChI=1S/C20H18F3N3O3/c21-20(22,23)13-4-3-5-14(12-13)24-18(28)26-10-8-19(9-11-26)25-17(27)15-6-1-2-7-16(15)29-19/h1-7,12H,8-11H2,(H,24,28)(H,25,27). The average molecular weight is 405 g/mol. The molecule has 152 valence electrons. The fourth-order valence-corrected chi connectivity index (χ4v) is 3.53. The lowest BCUT2D eigenvalue weighted by Crippen LogP contribution is -2.61. The van der Waals surface area contributed by atoms with Crippen LogP contribution in [0, 0.1) is 0 Å². The molecule has 0 bridgehead atoms. The third kappa shape index (κ3) is 3.85. The van der Waals surface area contributed by atoms with E-state index >= 15 is 0 Å². The Bertz CT molecular complexity index is 953. The van der Waals surface area contributed by atoms with E-state index in [0.29, 0.717) is 24.2 Å². The Kier molecular flexibility index (Phi) is 4.60. The predicted molar refractivity (Wildman–Crippen MR) is 98.5 cm³/mol. The first-order valence-corrected chi connectivity index (χ1v) is 9.10. The summed E-state index contributed by atoms with van der Waals surface area (Å²) in [6.45, 7) is 0.570. The lowest BCUT2D eigenvalue weighted by Gasteiger charge is -2.44. The number of nitrogens with one attached hydrogen (secondary N) is 2. The van der Waals surface area contributed by atoms with Crippen molar-refractivity contribution in [1.29, 1.82) is 0 Å². The summed E-state index contributed by atoms with van der Waals surface area (Å²) in [5.74, 6) is 0.270. The molecule has 0 saturated carbocycles. The third-order valence-electron chi connectivity index (χ3n) is 5.08. The zero-order chi connectivity index (χ0) is 20.6. The molecule has 1 spiro atoms. The van der Waals surface area contributed by atoms with E-state index in [4.69, 9.17) is 4.74 Å². The van der Waals surface area contributed by atoms with Gasteiger partial charge in [0.2, 0.25) is 0 Å². The fraction of sp³-hybridized carbons (Fsp3) is 0.300. The first kappa shape index (κ1) is 19.1. The molecule has 2 heterocycles. The van der Waals surface area contributed by atoms with E-state index in [1.165, 1.54) is 17.0 Å². The second-order valence-electron chi connectivity index (χ2n) is 7.04. The normalized spacial score (nSPS) is 17.9. The van der Waals surface area contributed by atoms with Crippen LogP contribution in [-0.4, -0.2) is 35.7 Å². The third-order valence-corrected chi connectivity index (χ3v) is 5.08. The molecule has 3 amide bonds. The van der Waals surface area contributed by atoms with Crippen LogP contribution in [-0.2, 0) is 6.18 Å². The number of ether oxygens (including phenoxy) is 1. The molecular weight excluding hydrogens is 387 g/mol. The number of halogens is 3. The lowest BCUT2D eigenvalue weighted by atomic mass is 9.97. The van der Waals surface area contributed by atoms with Crippen molar-refractivity contribution in [2.45, 2.75) is 24.7 Å². The van der Waals surface area contributed by atoms with Crippen molar-refractivity contribution in [2.75, 3.05) is 18.4 Å². The first-order valence-electron chi connectivity index (χ1n) is 9.10. The molecule has 2 N–H and O–H groups in total. The summed E-state index contributed by atoms with van der Waals surface area (Å²) in [5.41, 5.74) is -1.19. The van der Waals surface area contributed by atoms with Gasteiger partial charge in [0.1, 0.15) is 5.75 Å². The van der Waals surface area contributed by atoms with Crippen molar-refractivity contribution in [3.63, 3.8) is 0 Å². The van der Waals surface area contributed by atoms with Crippen LogP contribution >= 0.6 is 0 Å². The minimum Gasteiger partial charge on any atom is -0.467 e. The van der Waals surface area contributed by atoms with E-state index in [1.54, 1.807) is 24.3 Å². The predicted octanol–water partition coefficient (Wildman–Crippen LogP) is 3.85. The number of anilines is 1. The van der Waals surface area contributed by atoms with E-state index < -0.39 is 23.5 Å². The van der Waals surface area contributed by atoms with Crippen LogP contribution in [0.15, 0.2) is 48.5 Å². The number of amides is 3. The number of nitrogens with zero attached hydrogens (tertiary/aromatic N) is 1. The molecule has 29 heavy (non-hydrogen) atoms. The summed E-state index contributed by atoms with van der Waals surface area (Å²) in [6, 6.07) is 10.9. The average Bonchev–Trinajstić information content (AvgIpc) is 2.68. The van der Waals surface area contributed by atoms with Gasteiger partial charge in [-0.2, -0.15) is 13.2 Å². The quantitative estimate of drug-likeness (QED) is 0.757. The molecule has 4 rings (SSSR count). The molecule has 0 atom stereocenters. The molecule has 1 fully saturated rings. The zero-order valence-corrected chi connectivity index (χ0v) is 15.3. The molecule has 2 aromatic carbocycles. The molecule has 0 radical (unpaired) electrons. The lowest BCUT2D eigenvalue weighted by molar-refractivity contribution is -0.137. The van der Waals surface area contributed by atoms with E-state index in [0.717, 1.165) is 12.1 Å². The highest BCUT2D eigenvalue weighted by Crippen LogP contribution is 2.34. The molecule has 2 aliphatic heterocycles. The van der Waals surface area contributed by atoms with Gasteiger partial charge in [-0.1, -0.05) is 18.2 Å². The molecule has 2 aromatic rings. The molecule has 0 aliphatic carbocycles. The number of fused-ring (bicyclic) bond motifs is 1. The van der Waals surface area contributed by atoms with Gasteiger partial charge in [0.15, 0.2) is 5.72 Å². The Labute approximate surface area is 164 Å². The monoisotopic (exact) mass is 405 g/mol. The molecule has 0 aromatic heterocycles. The van der Waals surface area contributed by atoms with Gasteiger partial charge >= 0.3 is 12.2 Å². The molecule has 2 aliphatic rings. The van der Waals surface area contributed by atoms with E-state index in [1.807, 2.05) is 0 Å². The highest BCUT2D eigenvalue weighted by molar-refractivity contribution is 5.98. The van der Waals surface area contributed by atoms with Gasteiger partial charge < -0.3 is 20.3 Å². The van der Waals surface area contributed by atoms with Gasteiger partial charge in [-0.05, 0) is 30.3 Å². The maximum absolute atomic E-state index is 12.8. The molecule has 9 heteroatoms. The summed E-state index contributed by atoms with van der Waals surface area (Å²) in [4.78, 5) is 26.3. The Balaban J connectivity index is 1.40. The van der Waals surface area contributed by atoms with Crippen molar-refractivity contribution in [1.82, 2.24) is 10.2 Å². The van der Waals surface area contributed by atoms with E-state index in [2.05, 4.69) is 10.6 Å². The number of hydrogen-bond acceptors (Lipinski definition) is 3. The van der Waals surface area contributed by atoms with E-state index in [9.17, 15) is 22.8 Å². The van der Waals surface area contributed by atoms with Crippen LogP contribution in [0.5, 0.6) is 5.75 Å². The number of benzene rings is 2. The second-order valence-corrected chi connectivity index (χ2v) is 7.04. The maximum atomic E-state index is 12.8. The maximum Gasteiger partial charge on any atom is 0.416 e. The number of rotatable bonds is 1. The number of piperidine rings is 1. The minimum absolute atomic E-state index is 0.0706. The van der Waals surface area contributed by atoms with Crippen LogP contribution in [0.2, 0.25) is 0 Å².